The second-order valence-electron chi connectivity index (χ2n) is 10.7. The highest BCUT2D eigenvalue weighted by molar-refractivity contribution is 6.45. The Balaban J connectivity index is 2.03. The van der Waals surface area contributed by atoms with E-state index in [9.17, 15) is 9.59 Å². The average Bonchev–Trinajstić information content (AvgIpc) is 2.70. The van der Waals surface area contributed by atoms with Crippen LogP contribution in [0.4, 0.5) is 0 Å². The van der Waals surface area contributed by atoms with E-state index in [4.69, 9.17) is 9.31 Å². The second kappa shape index (κ2) is 7.98. The molecule has 0 spiro atoms. The predicted octanol–water partition coefficient (Wildman–Crippen LogP) is 3.45. The summed E-state index contributed by atoms with van der Waals surface area (Å²) in [5, 5.41) is 6.06. The summed E-state index contributed by atoms with van der Waals surface area (Å²) in [6.07, 6.45) is 5.04. The van der Waals surface area contributed by atoms with Gasteiger partial charge >= 0.3 is 7.12 Å². The zero-order valence-corrected chi connectivity index (χ0v) is 19.0. The lowest BCUT2D eigenvalue weighted by molar-refractivity contribution is -0.136. The Hall–Kier alpha value is -1.08. The first kappa shape index (κ1) is 23.2. The lowest BCUT2D eigenvalue weighted by Crippen LogP contribution is -2.63. The first-order chi connectivity index (χ1) is 12.7. The minimum Gasteiger partial charge on any atom is -0.403 e. The number of nitrogens with one attached hydrogen (secondary N) is 2. The molecule has 1 heterocycles. The molecule has 2 unspecified atom stereocenters. The zero-order valence-electron chi connectivity index (χ0n) is 19.0. The van der Waals surface area contributed by atoms with Crippen LogP contribution >= 0.6 is 0 Å². The van der Waals surface area contributed by atoms with Gasteiger partial charge in [-0.2, -0.15) is 0 Å². The summed E-state index contributed by atoms with van der Waals surface area (Å²) < 4.78 is 12.2. The highest BCUT2D eigenvalue weighted by Crippen LogP contribution is 2.40. The molecule has 0 aromatic carbocycles. The Kier molecular flexibility index (Phi) is 6.61. The summed E-state index contributed by atoms with van der Waals surface area (Å²) in [4.78, 5) is 24.9. The summed E-state index contributed by atoms with van der Waals surface area (Å²) in [6.45, 7) is 15.6. The maximum Gasteiger partial charge on any atom is 0.457 e. The van der Waals surface area contributed by atoms with Crippen molar-refractivity contribution in [2.24, 2.45) is 5.92 Å². The van der Waals surface area contributed by atoms with Gasteiger partial charge in [-0.05, 0) is 73.5 Å². The Bertz CT molecular complexity index is 584. The number of carbonyl (C=O) groups is 2. The van der Waals surface area contributed by atoms with E-state index in [1.807, 2.05) is 20.8 Å². The van der Waals surface area contributed by atoms with Crippen molar-refractivity contribution >= 4 is 18.9 Å². The third-order valence-corrected chi connectivity index (χ3v) is 6.30. The molecule has 28 heavy (non-hydrogen) atoms. The Labute approximate surface area is 171 Å². The third-order valence-electron chi connectivity index (χ3n) is 6.30. The van der Waals surface area contributed by atoms with Crippen LogP contribution in [0.2, 0.25) is 6.32 Å². The first-order valence-electron chi connectivity index (χ1n) is 10.6. The van der Waals surface area contributed by atoms with E-state index < -0.39 is 5.54 Å². The summed E-state index contributed by atoms with van der Waals surface area (Å²) in [5.74, 6) is 0.122. The van der Waals surface area contributed by atoms with E-state index in [0.29, 0.717) is 18.8 Å². The molecular weight excluding hydrogens is 355 g/mol. The molecule has 1 aliphatic carbocycles. The summed E-state index contributed by atoms with van der Waals surface area (Å²) in [5.41, 5.74) is -1.80. The van der Waals surface area contributed by atoms with Crippen LogP contribution < -0.4 is 10.6 Å². The van der Waals surface area contributed by atoms with Crippen LogP contribution in [0.3, 0.4) is 0 Å². The van der Waals surface area contributed by atoms with Gasteiger partial charge in [-0.1, -0.05) is 19.3 Å². The van der Waals surface area contributed by atoms with Crippen LogP contribution in [0.1, 0.15) is 87.5 Å². The molecule has 160 valence electrons. The maximum atomic E-state index is 13.1. The van der Waals surface area contributed by atoms with Crippen molar-refractivity contribution in [2.75, 3.05) is 0 Å². The normalized spacial score (nSPS) is 29.4. The third kappa shape index (κ3) is 5.50. The standard InChI is InChI=1S/C21H39BN2O4/c1-15(25)23-21(17(26)24-18(2,3)4)12-9-10-16(14-21)11-13-22-27-19(5,6)20(7,8)28-22/h16H,9-14H2,1-8H3,(H,23,25)(H,24,26). The molecule has 2 atom stereocenters. The van der Waals surface area contributed by atoms with Gasteiger partial charge in [-0.25, -0.2) is 0 Å². The number of hydrogen-bond donors (Lipinski definition) is 2. The fraction of sp³-hybridized carbons (Fsp3) is 0.905. The van der Waals surface area contributed by atoms with Gasteiger partial charge in [-0.15, -0.1) is 0 Å². The maximum absolute atomic E-state index is 13.1. The van der Waals surface area contributed by atoms with E-state index >= 15 is 0 Å². The summed E-state index contributed by atoms with van der Waals surface area (Å²) in [7, 11) is -0.217. The van der Waals surface area contributed by atoms with Crippen LogP contribution in [0, 0.1) is 5.92 Å². The highest BCUT2D eigenvalue weighted by Gasteiger charge is 2.51. The van der Waals surface area contributed by atoms with Crippen molar-refractivity contribution in [3.05, 3.63) is 0 Å². The van der Waals surface area contributed by atoms with Crippen LogP contribution in [0.15, 0.2) is 0 Å². The Morgan fingerprint density at radius 3 is 2.18 bits per heavy atom. The Morgan fingerprint density at radius 2 is 1.68 bits per heavy atom. The average molecular weight is 394 g/mol. The molecule has 6 nitrogen and oxygen atoms in total. The SMILES string of the molecule is CC(=O)NC1(C(=O)NC(C)(C)C)CCCC(CCB2OC(C)(C)C(C)(C)O2)C1. The molecule has 2 fully saturated rings. The molecular formula is C21H39BN2O4. The second-order valence-corrected chi connectivity index (χ2v) is 10.7. The number of rotatable bonds is 5. The molecule has 1 saturated heterocycles. The molecule has 2 N–H and O–H groups in total. The van der Waals surface area contributed by atoms with Crippen molar-refractivity contribution in [3.8, 4) is 0 Å². The lowest BCUT2D eigenvalue weighted by atomic mass is 9.70. The number of hydrogen-bond acceptors (Lipinski definition) is 4. The fourth-order valence-corrected chi connectivity index (χ4v) is 4.26. The van der Waals surface area contributed by atoms with Crippen molar-refractivity contribution in [1.29, 1.82) is 0 Å². The molecule has 7 heteroatoms. The van der Waals surface area contributed by atoms with Gasteiger partial charge in [0.25, 0.3) is 0 Å². The molecule has 1 saturated carbocycles. The number of carbonyl (C=O) groups excluding carboxylic acids is 2. The molecule has 1 aliphatic heterocycles. The van der Waals surface area contributed by atoms with Gasteiger partial charge in [0.2, 0.25) is 11.8 Å². The quantitative estimate of drug-likeness (QED) is 0.701. The van der Waals surface area contributed by atoms with Gasteiger partial charge < -0.3 is 19.9 Å². The largest absolute Gasteiger partial charge is 0.457 e. The molecule has 2 rings (SSSR count). The van der Waals surface area contributed by atoms with Gasteiger partial charge in [0, 0.05) is 12.5 Å². The van der Waals surface area contributed by atoms with E-state index in [-0.39, 0.29) is 35.7 Å². The van der Waals surface area contributed by atoms with Crippen LogP contribution in [-0.2, 0) is 18.9 Å². The van der Waals surface area contributed by atoms with E-state index in [1.54, 1.807) is 0 Å². The first-order valence-corrected chi connectivity index (χ1v) is 10.6. The number of amides is 2. The molecule has 2 amide bonds. The monoisotopic (exact) mass is 394 g/mol. The summed E-state index contributed by atoms with van der Waals surface area (Å²) >= 11 is 0. The van der Waals surface area contributed by atoms with Gasteiger partial charge in [0.1, 0.15) is 5.54 Å². The van der Waals surface area contributed by atoms with Crippen molar-refractivity contribution < 1.29 is 18.9 Å². The van der Waals surface area contributed by atoms with E-state index in [0.717, 1.165) is 25.6 Å². The zero-order chi connectivity index (χ0) is 21.4. The van der Waals surface area contributed by atoms with Crippen LogP contribution in [0.25, 0.3) is 0 Å². The smallest absolute Gasteiger partial charge is 0.403 e. The van der Waals surface area contributed by atoms with E-state index in [1.165, 1.54) is 6.92 Å². The Morgan fingerprint density at radius 1 is 1.11 bits per heavy atom. The predicted molar refractivity (Wildman–Crippen MR) is 112 cm³/mol. The summed E-state index contributed by atoms with van der Waals surface area (Å²) in [6, 6.07) is 0. The van der Waals surface area contributed by atoms with Crippen molar-refractivity contribution in [2.45, 2.75) is 116 Å². The van der Waals surface area contributed by atoms with Crippen molar-refractivity contribution in [1.82, 2.24) is 10.6 Å². The lowest BCUT2D eigenvalue weighted by Gasteiger charge is -2.41. The topological polar surface area (TPSA) is 76.7 Å². The molecule has 0 bridgehead atoms. The fourth-order valence-electron chi connectivity index (χ4n) is 4.26. The van der Waals surface area contributed by atoms with Crippen LogP contribution in [0.5, 0.6) is 0 Å². The van der Waals surface area contributed by atoms with Gasteiger partial charge in [-0.3, -0.25) is 9.59 Å². The molecule has 0 aromatic heterocycles. The van der Waals surface area contributed by atoms with E-state index in [2.05, 4.69) is 38.3 Å². The molecule has 0 radical (unpaired) electrons. The minimum atomic E-state index is -0.821. The minimum absolute atomic E-state index is 0.0736. The molecule has 2 aliphatic rings. The highest BCUT2D eigenvalue weighted by atomic mass is 16.7. The molecule has 0 aromatic rings. The van der Waals surface area contributed by atoms with Gasteiger partial charge in [0.05, 0.1) is 11.2 Å². The van der Waals surface area contributed by atoms with Crippen LogP contribution in [-0.4, -0.2) is 41.2 Å². The van der Waals surface area contributed by atoms with Crippen molar-refractivity contribution in [3.63, 3.8) is 0 Å². The van der Waals surface area contributed by atoms with Gasteiger partial charge in [0.15, 0.2) is 0 Å².